The molecular weight excluding hydrogens is 204 g/mol. The van der Waals surface area contributed by atoms with E-state index < -0.39 is 0 Å². The first-order valence-electron chi connectivity index (χ1n) is 5.82. The van der Waals surface area contributed by atoms with E-state index in [2.05, 4.69) is 9.97 Å². The zero-order chi connectivity index (χ0) is 11.7. The minimum absolute atomic E-state index is 0.0204. The van der Waals surface area contributed by atoms with E-state index in [1.165, 1.54) is 0 Å². The summed E-state index contributed by atoms with van der Waals surface area (Å²) in [6, 6.07) is 0. The Balaban J connectivity index is 2.40. The highest BCUT2D eigenvalue weighted by Gasteiger charge is 2.22. The zero-order valence-corrected chi connectivity index (χ0v) is 10.0. The van der Waals surface area contributed by atoms with Gasteiger partial charge in [-0.1, -0.05) is 13.8 Å². The molecular formula is C12H18N2O2. The molecule has 1 aliphatic rings. The molecule has 0 bridgehead atoms. The van der Waals surface area contributed by atoms with Gasteiger partial charge in [-0.2, -0.15) is 0 Å². The standard InChI is InChI=1S/C12H18N2O2/c1-7(2)10-8(3)13-11(14-12(10)15)9-5-4-6-16-9/h7,9H,4-6H2,1-3H3,(H,13,14,15). The Bertz CT molecular complexity index is 431. The lowest BCUT2D eigenvalue weighted by Crippen LogP contribution is -2.21. The van der Waals surface area contributed by atoms with Crippen molar-refractivity contribution in [3.8, 4) is 0 Å². The van der Waals surface area contributed by atoms with Crippen molar-refractivity contribution in [2.24, 2.45) is 0 Å². The maximum atomic E-state index is 11.9. The molecule has 88 valence electrons. The predicted molar refractivity (Wildman–Crippen MR) is 61.6 cm³/mol. The lowest BCUT2D eigenvalue weighted by molar-refractivity contribution is 0.104. The van der Waals surface area contributed by atoms with Crippen LogP contribution in [0, 0.1) is 6.92 Å². The monoisotopic (exact) mass is 222 g/mol. The van der Waals surface area contributed by atoms with Crippen molar-refractivity contribution >= 4 is 0 Å². The second-order valence-corrected chi connectivity index (χ2v) is 4.61. The van der Waals surface area contributed by atoms with Crippen LogP contribution in [0.25, 0.3) is 0 Å². The van der Waals surface area contributed by atoms with Gasteiger partial charge in [-0.15, -0.1) is 0 Å². The van der Waals surface area contributed by atoms with Crippen molar-refractivity contribution in [2.75, 3.05) is 6.61 Å². The normalized spacial score (nSPS) is 20.6. The summed E-state index contributed by atoms with van der Waals surface area (Å²) >= 11 is 0. The number of aryl methyl sites for hydroxylation is 1. The van der Waals surface area contributed by atoms with Crippen LogP contribution in [0.3, 0.4) is 0 Å². The number of ether oxygens (including phenoxy) is 1. The van der Waals surface area contributed by atoms with Crippen molar-refractivity contribution in [3.63, 3.8) is 0 Å². The molecule has 1 atom stereocenters. The smallest absolute Gasteiger partial charge is 0.254 e. The van der Waals surface area contributed by atoms with Gasteiger partial charge in [0, 0.05) is 17.9 Å². The first kappa shape index (κ1) is 11.3. The number of rotatable bonds is 2. The van der Waals surface area contributed by atoms with Crippen molar-refractivity contribution in [3.05, 3.63) is 27.4 Å². The van der Waals surface area contributed by atoms with Gasteiger partial charge in [-0.25, -0.2) is 4.98 Å². The van der Waals surface area contributed by atoms with Crippen LogP contribution in [0.1, 0.15) is 55.8 Å². The van der Waals surface area contributed by atoms with Gasteiger partial charge >= 0.3 is 0 Å². The summed E-state index contributed by atoms with van der Waals surface area (Å²) in [5.41, 5.74) is 1.58. The summed E-state index contributed by atoms with van der Waals surface area (Å²) < 4.78 is 5.52. The fraction of sp³-hybridized carbons (Fsp3) is 0.667. The molecule has 16 heavy (non-hydrogen) atoms. The molecule has 0 aromatic carbocycles. The summed E-state index contributed by atoms with van der Waals surface area (Å²) in [6.45, 7) is 6.67. The Labute approximate surface area is 95.1 Å². The van der Waals surface area contributed by atoms with Crippen LogP contribution < -0.4 is 5.56 Å². The van der Waals surface area contributed by atoms with E-state index in [1.54, 1.807) is 0 Å². The molecule has 0 aliphatic carbocycles. The molecule has 1 aromatic heterocycles. The molecule has 0 radical (unpaired) electrons. The summed E-state index contributed by atoms with van der Waals surface area (Å²) in [5.74, 6) is 0.888. The number of H-pyrrole nitrogens is 1. The van der Waals surface area contributed by atoms with E-state index in [0.29, 0.717) is 5.82 Å². The Hall–Kier alpha value is -1.16. The van der Waals surface area contributed by atoms with Gasteiger partial charge in [0.15, 0.2) is 0 Å². The molecule has 1 aromatic rings. The average Bonchev–Trinajstić information content (AvgIpc) is 2.67. The fourth-order valence-corrected chi connectivity index (χ4v) is 2.24. The minimum atomic E-state index is -0.0207. The third-order valence-corrected chi connectivity index (χ3v) is 2.98. The highest BCUT2D eigenvalue weighted by molar-refractivity contribution is 5.20. The quantitative estimate of drug-likeness (QED) is 0.833. The van der Waals surface area contributed by atoms with Crippen molar-refractivity contribution in [2.45, 2.75) is 45.6 Å². The van der Waals surface area contributed by atoms with Gasteiger partial charge in [-0.3, -0.25) is 4.79 Å². The van der Waals surface area contributed by atoms with Crippen LogP contribution in [0.4, 0.5) is 0 Å². The molecule has 0 amide bonds. The maximum Gasteiger partial charge on any atom is 0.254 e. The summed E-state index contributed by atoms with van der Waals surface area (Å²) in [6.07, 6.45) is 1.97. The van der Waals surface area contributed by atoms with E-state index in [9.17, 15) is 4.79 Å². The van der Waals surface area contributed by atoms with Gasteiger partial charge in [0.25, 0.3) is 5.56 Å². The molecule has 0 saturated carbocycles. The lowest BCUT2D eigenvalue weighted by atomic mass is 10.0. The Kier molecular flexibility index (Phi) is 3.10. The van der Waals surface area contributed by atoms with Crippen LogP contribution >= 0.6 is 0 Å². The van der Waals surface area contributed by atoms with Crippen LogP contribution in [-0.4, -0.2) is 16.6 Å². The average molecular weight is 222 g/mol. The first-order chi connectivity index (χ1) is 7.59. The minimum Gasteiger partial charge on any atom is -0.370 e. The molecule has 1 aliphatic heterocycles. The van der Waals surface area contributed by atoms with Crippen LogP contribution in [-0.2, 0) is 4.74 Å². The van der Waals surface area contributed by atoms with Gasteiger partial charge in [0.2, 0.25) is 0 Å². The van der Waals surface area contributed by atoms with Gasteiger partial charge in [-0.05, 0) is 25.7 Å². The lowest BCUT2D eigenvalue weighted by Gasteiger charge is -2.12. The molecule has 0 spiro atoms. The number of hydrogen-bond donors (Lipinski definition) is 1. The molecule has 1 saturated heterocycles. The SMILES string of the molecule is Cc1nc(C2CCCO2)[nH]c(=O)c1C(C)C. The maximum absolute atomic E-state index is 11.9. The van der Waals surface area contributed by atoms with Crippen LogP contribution in [0.2, 0.25) is 0 Å². The summed E-state index contributed by atoms with van der Waals surface area (Å²) in [7, 11) is 0. The van der Waals surface area contributed by atoms with E-state index in [0.717, 1.165) is 30.7 Å². The third kappa shape index (κ3) is 2.02. The Morgan fingerprint density at radius 3 is 2.75 bits per heavy atom. The molecule has 2 heterocycles. The van der Waals surface area contributed by atoms with E-state index in [4.69, 9.17) is 4.74 Å². The number of aromatic nitrogens is 2. The predicted octanol–water partition coefficient (Wildman–Crippen LogP) is 2.05. The van der Waals surface area contributed by atoms with E-state index in [-0.39, 0.29) is 17.6 Å². The third-order valence-electron chi connectivity index (χ3n) is 2.98. The molecule has 1 fully saturated rings. The largest absolute Gasteiger partial charge is 0.370 e. The molecule has 1 unspecified atom stereocenters. The molecule has 1 N–H and O–H groups in total. The van der Waals surface area contributed by atoms with Crippen molar-refractivity contribution < 1.29 is 4.74 Å². The van der Waals surface area contributed by atoms with Gasteiger partial charge in [0.1, 0.15) is 11.9 Å². The Morgan fingerprint density at radius 2 is 2.25 bits per heavy atom. The number of nitrogens with zero attached hydrogens (tertiary/aromatic N) is 1. The van der Waals surface area contributed by atoms with E-state index >= 15 is 0 Å². The number of hydrogen-bond acceptors (Lipinski definition) is 3. The first-order valence-corrected chi connectivity index (χ1v) is 5.82. The van der Waals surface area contributed by atoms with Gasteiger partial charge < -0.3 is 9.72 Å². The Morgan fingerprint density at radius 1 is 1.50 bits per heavy atom. The number of nitrogens with one attached hydrogen (secondary N) is 1. The number of aromatic amines is 1. The second-order valence-electron chi connectivity index (χ2n) is 4.61. The highest BCUT2D eigenvalue weighted by atomic mass is 16.5. The summed E-state index contributed by atoms with van der Waals surface area (Å²) in [4.78, 5) is 19.2. The van der Waals surface area contributed by atoms with Crippen molar-refractivity contribution in [1.29, 1.82) is 0 Å². The van der Waals surface area contributed by atoms with Crippen LogP contribution in [0.15, 0.2) is 4.79 Å². The van der Waals surface area contributed by atoms with Gasteiger partial charge in [0.05, 0.1) is 0 Å². The van der Waals surface area contributed by atoms with E-state index in [1.807, 2.05) is 20.8 Å². The topological polar surface area (TPSA) is 55.0 Å². The summed E-state index contributed by atoms with van der Waals surface area (Å²) in [5, 5.41) is 0. The molecule has 2 rings (SSSR count). The second kappa shape index (κ2) is 4.37. The molecule has 4 heteroatoms. The van der Waals surface area contributed by atoms with Crippen LogP contribution in [0.5, 0.6) is 0 Å². The zero-order valence-electron chi connectivity index (χ0n) is 10.0. The fourth-order valence-electron chi connectivity index (χ4n) is 2.24. The van der Waals surface area contributed by atoms with Crippen molar-refractivity contribution in [1.82, 2.24) is 9.97 Å². The molecule has 4 nitrogen and oxygen atoms in total. The highest BCUT2D eigenvalue weighted by Crippen LogP contribution is 2.26.